The highest BCUT2D eigenvalue weighted by atomic mass is 35.5. The fourth-order valence-corrected chi connectivity index (χ4v) is 1.72. The highest BCUT2D eigenvalue weighted by molar-refractivity contribution is 6.29. The lowest BCUT2D eigenvalue weighted by Crippen LogP contribution is -2.44. The summed E-state index contributed by atoms with van der Waals surface area (Å²) in [7, 11) is 0. The van der Waals surface area contributed by atoms with E-state index in [4.69, 9.17) is 11.6 Å². The summed E-state index contributed by atoms with van der Waals surface area (Å²) in [6.45, 7) is 2.03. The van der Waals surface area contributed by atoms with Gasteiger partial charge >= 0.3 is 0 Å². The minimum atomic E-state index is -0.465. The lowest BCUT2D eigenvalue weighted by atomic mass is 10.2. The lowest BCUT2D eigenvalue weighted by Gasteiger charge is -2.09. The van der Waals surface area contributed by atoms with E-state index in [0.717, 1.165) is 11.3 Å². The molecule has 0 fully saturated rings. The van der Waals surface area contributed by atoms with Gasteiger partial charge in [0.15, 0.2) is 0 Å². The standard InChI is InChI=1S/C15H15ClN4O2/c1-10-2-5-12(6-3-10)17-9-14(21)19-20-15(22)11-4-7-13(16)18-8-11/h2-8,17H,9H2,1H3,(H,19,21)(H,20,22). The van der Waals surface area contributed by atoms with Crippen LogP contribution in [0.15, 0.2) is 42.6 Å². The number of nitrogens with one attached hydrogen (secondary N) is 3. The molecule has 114 valence electrons. The molecule has 0 aliphatic heterocycles. The highest BCUT2D eigenvalue weighted by Crippen LogP contribution is 2.07. The topological polar surface area (TPSA) is 83.1 Å². The van der Waals surface area contributed by atoms with Gasteiger partial charge in [0.1, 0.15) is 5.15 Å². The molecule has 7 heteroatoms. The van der Waals surface area contributed by atoms with E-state index in [-0.39, 0.29) is 12.5 Å². The largest absolute Gasteiger partial charge is 0.376 e. The van der Waals surface area contributed by atoms with Crippen LogP contribution in [0.5, 0.6) is 0 Å². The normalized spacial score (nSPS) is 9.91. The second-order valence-electron chi connectivity index (χ2n) is 4.59. The molecular weight excluding hydrogens is 304 g/mol. The van der Waals surface area contributed by atoms with Crippen LogP contribution in [-0.2, 0) is 4.79 Å². The van der Waals surface area contributed by atoms with Gasteiger partial charge in [-0.1, -0.05) is 29.3 Å². The third-order valence-electron chi connectivity index (χ3n) is 2.81. The molecule has 0 radical (unpaired) electrons. The van der Waals surface area contributed by atoms with Crippen LogP contribution in [0.2, 0.25) is 5.15 Å². The van der Waals surface area contributed by atoms with E-state index in [2.05, 4.69) is 21.2 Å². The highest BCUT2D eigenvalue weighted by Gasteiger charge is 2.07. The molecule has 2 aromatic rings. The average Bonchev–Trinajstić information content (AvgIpc) is 2.52. The third-order valence-corrected chi connectivity index (χ3v) is 3.03. The van der Waals surface area contributed by atoms with Crippen LogP contribution in [0.4, 0.5) is 5.69 Å². The predicted molar refractivity (Wildman–Crippen MR) is 84.5 cm³/mol. The van der Waals surface area contributed by atoms with Crippen molar-refractivity contribution in [3.05, 3.63) is 58.9 Å². The molecule has 22 heavy (non-hydrogen) atoms. The van der Waals surface area contributed by atoms with Crippen LogP contribution in [0.3, 0.4) is 0 Å². The van der Waals surface area contributed by atoms with Gasteiger partial charge in [0.25, 0.3) is 11.8 Å². The summed E-state index contributed by atoms with van der Waals surface area (Å²) < 4.78 is 0. The number of amides is 2. The molecule has 6 nitrogen and oxygen atoms in total. The molecule has 0 spiro atoms. The van der Waals surface area contributed by atoms with Crippen molar-refractivity contribution < 1.29 is 9.59 Å². The molecule has 1 aromatic heterocycles. The smallest absolute Gasteiger partial charge is 0.271 e. The van der Waals surface area contributed by atoms with Crippen molar-refractivity contribution in [1.82, 2.24) is 15.8 Å². The van der Waals surface area contributed by atoms with Crippen LogP contribution >= 0.6 is 11.6 Å². The summed E-state index contributed by atoms with van der Waals surface area (Å²) in [6.07, 6.45) is 1.33. The third kappa shape index (κ3) is 4.75. The summed E-state index contributed by atoms with van der Waals surface area (Å²) in [5, 5.41) is 3.24. The van der Waals surface area contributed by atoms with Gasteiger partial charge in [-0.2, -0.15) is 0 Å². The number of carbonyl (C=O) groups is 2. The number of aryl methyl sites for hydroxylation is 1. The molecule has 2 rings (SSSR count). The molecule has 1 aromatic carbocycles. The number of pyridine rings is 1. The van der Waals surface area contributed by atoms with Crippen LogP contribution in [0.1, 0.15) is 15.9 Å². The number of hydrazine groups is 1. The van der Waals surface area contributed by atoms with E-state index in [9.17, 15) is 9.59 Å². The van der Waals surface area contributed by atoms with E-state index < -0.39 is 5.91 Å². The zero-order chi connectivity index (χ0) is 15.9. The van der Waals surface area contributed by atoms with E-state index in [1.807, 2.05) is 31.2 Å². The van der Waals surface area contributed by atoms with Gasteiger partial charge in [0.2, 0.25) is 0 Å². The maximum absolute atomic E-state index is 11.7. The Morgan fingerprint density at radius 1 is 1.09 bits per heavy atom. The molecule has 0 atom stereocenters. The van der Waals surface area contributed by atoms with Crippen molar-refractivity contribution in [2.24, 2.45) is 0 Å². The molecule has 3 N–H and O–H groups in total. The van der Waals surface area contributed by atoms with Crippen molar-refractivity contribution >= 4 is 29.1 Å². The maximum Gasteiger partial charge on any atom is 0.271 e. The Morgan fingerprint density at radius 2 is 1.82 bits per heavy atom. The van der Waals surface area contributed by atoms with E-state index in [1.54, 1.807) is 0 Å². The first-order valence-corrected chi connectivity index (χ1v) is 6.93. The number of rotatable bonds is 4. The van der Waals surface area contributed by atoms with Gasteiger partial charge in [-0.15, -0.1) is 0 Å². The number of halogens is 1. The Morgan fingerprint density at radius 3 is 2.45 bits per heavy atom. The summed E-state index contributed by atoms with van der Waals surface area (Å²) in [5.74, 6) is -0.830. The lowest BCUT2D eigenvalue weighted by molar-refractivity contribution is -0.120. The van der Waals surface area contributed by atoms with Crippen molar-refractivity contribution in [2.75, 3.05) is 11.9 Å². The molecule has 1 heterocycles. The van der Waals surface area contributed by atoms with Gasteiger partial charge in [0, 0.05) is 11.9 Å². The van der Waals surface area contributed by atoms with Gasteiger partial charge < -0.3 is 5.32 Å². The minimum absolute atomic E-state index is 0.0439. The molecule has 0 unspecified atom stereocenters. The number of anilines is 1. The monoisotopic (exact) mass is 318 g/mol. The summed E-state index contributed by atoms with van der Waals surface area (Å²) in [5.41, 5.74) is 6.89. The second-order valence-corrected chi connectivity index (χ2v) is 4.98. The molecule has 0 aliphatic carbocycles. The number of carbonyl (C=O) groups excluding carboxylic acids is 2. The number of benzene rings is 1. The Bertz CT molecular complexity index is 656. The number of aromatic nitrogens is 1. The summed E-state index contributed by atoms with van der Waals surface area (Å²) in [6, 6.07) is 10.6. The van der Waals surface area contributed by atoms with Crippen LogP contribution in [0.25, 0.3) is 0 Å². The quantitative estimate of drug-likeness (QED) is 0.594. The van der Waals surface area contributed by atoms with Crippen LogP contribution < -0.4 is 16.2 Å². The molecule has 0 aliphatic rings. The first kappa shape index (κ1) is 15.8. The predicted octanol–water partition coefficient (Wildman–Crippen LogP) is 1.92. The number of hydrogen-bond donors (Lipinski definition) is 3. The Labute approximate surface area is 132 Å². The van der Waals surface area contributed by atoms with E-state index >= 15 is 0 Å². The number of hydrogen-bond acceptors (Lipinski definition) is 4. The van der Waals surface area contributed by atoms with Crippen molar-refractivity contribution in [2.45, 2.75) is 6.92 Å². The first-order valence-electron chi connectivity index (χ1n) is 6.56. The molecular formula is C15H15ClN4O2. The SMILES string of the molecule is Cc1ccc(NCC(=O)NNC(=O)c2ccc(Cl)nc2)cc1. The van der Waals surface area contributed by atoms with Crippen molar-refractivity contribution in [1.29, 1.82) is 0 Å². The molecule has 0 bridgehead atoms. The van der Waals surface area contributed by atoms with Crippen LogP contribution in [-0.4, -0.2) is 23.3 Å². The van der Waals surface area contributed by atoms with Gasteiger partial charge in [-0.05, 0) is 31.2 Å². The van der Waals surface area contributed by atoms with Crippen molar-refractivity contribution in [3.63, 3.8) is 0 Å². The fourth-order valence-electron chi connectivity index (χ4n) is 1.61. The first-order chi connectivity index (χ1) is 10.5. The Balaban J connectivity index is 1.76. The van der Waals surface area contributed by atoms with E-state index in [0.29, 0.717) is 10.7 Å². The van der Waals surface area contributed by atoms with Gasteiger partial charge in [-0.3, -0.25) is 20.4 Å². The second kappa shape index (κ2) is 7.42. The molecule has 2 amide bonds. The Hall–Kier alpha value is -2.60. The molecule has 0 saturated carbocycles. The molecule has 0 saturated heterocycles. The van der Waals surface area contributed by atoms with Gasteiger partial charge in [-0.25, -0.2) is 4.98 Å². The van der Waals surface area contributed by atoms with Crippen LogP contribution in [0, 0.1) is 6.92 Å². The zero-order valence-corrected chi connectivity index (χ0v) is 12.6. The average molecular weight is 319 g/mol. The minimum Gasteiger partial charge on any atom is -0.376 e. The fraction of sp³-hybridized carbons (Fsp3) is 0.133. The summed E-state index contributed by atoms with van der Waals surface area (Å²) in [4.78, 5) is 27.2. The number of nitrogens with zero attached hydrogens (tertiary/aromatic N) is 1. The maximum atomic E-state index is 11.7. The summed E-state index contributed by atoms with van der Waals surface area (Å²) >= 11 is 5.63. The van der Waals surface area contributed by atoms with Crippen molar-refractivity contribution in [3.8, 4) is 0 Å². The van der Waals surface area contributed by atoms with E-state index in [1.165, 1.54) is 18.3 Å². The zero-order valence-electron chi connectivity index (χ0n) is 11.9. The Kier molecular flexibility index (Phi) is 5.32. The van der Waals surface area contributed by atoms with Gasteiger partial charge in [0.05, 0.1) is 12.1 Å².